The van der Waals surface area contributed by atoms with Crippen molar-refractivity contribution in [3.05, 3.63) is 30.6 Å². The second-order valence-corrected chi connectivity index (χ2v) is 2.06. The zero-order chi connectivity index (χ0) is 6.97. The molecule has 2 aromatic heterocycles. The first-order valence-corrected chi connectivity index (χ1v) is 2.97. The van der Waals surface area contributed by atoms with E-state index in [1.165, 1.54) is 0 Å². The molecular formula is C7H6N3. The maximum atomic E-state index is 5.57. The molecule has 0 saturated carbocycles. The molecule has 0 fully saturated rings. The predicted octanol–water partition coefficient (Wildman–Crippen LogP) is 0.717. The fourth-order valence-corrected chi connectivity index (χ4v) is 0.894. The van der Waals surface area contributed by atoms with Crippen LogP contribution in [-0.4, -0.2) is 9.61 Å². The van der Waals surface area contributed by atoms with E-state index < -0.39 is 0 Å². The van der Waals surface area contributed by atoms with Crippen LogP contribution in [0.4, 0.5) is 5.69 Å². The van der Waals surface area contributed by atoms with Crippen LogP contribution in [0.25, 0.3) is 5.52 Å². The van der Waals surface area contributed by atoms with Crippen molar-refractivity contribution in [1.82, 2.24) is 9.61 Å². The third-order valence-corrected chi connectivity index (χ3v) is 1.40. The average Bonchev–Trinajstić information content (AvgIpc) is 2.34. The molecule has 2 aromatic rings. The molecule has 0 saturated heterocycles. The summed E-state index contributed by atoms with van der Waals surface area (Å²) in [6.07, 6.45) is 3.44. The van der Waals surface area contributed by atoms with Gasteiger partial charge in [0, 0.05) is 6.20 Å². The van der Waals surface area contributed by atoms with Gasteiger partial charge in [0.25, 0.3) is 0 Å². The summed E-state index contributed by atoms with van der Waals surface area (Å²) in [5, 5.41) is 3.99. The van der Waals surface area contributed by atoms with Gasteiger partial charge in [-0.25, -0.2) is 4.52 Å². The van der Waals surface area contributed by atoms with Crippen LogP contribution < -0.4 is 5.73 Å². The van der Waals surface area contributed by atoms with Gasteiger partial charge >= 0.3 is 0 Å². The number of rotatable bonds is 0. The highest BCUT2D eigenvalue weighted by atomic mass is 15.2. The number of aromatic nitrogens is 2. The van der Waals surface area contributed by atoms with Crippen LogP contribution in [0.5, 0.6) is 0 Å². The number of nitrogens with zero attached hydrogens (tertiary/aromatic N) is 2. The Kier molecular flexibility index (Phi) is 0.917. The molecule has 0 aromatic carbocycles. The highest BCUT2D eigenvalue weighted by molar-refractivity contribution is 5.67. The number of hydrogen-bond acceptors (Lipinski definition) is 2. The van der Waals surface area contributed by atoms with E-state index in [9.17, 15) is 0 Å². The lowest BCUT2D eigenvalue weighted by molar-refractivity contribution is 0.961. The van der Waals surface area contributed by atoms with E-state index in [1.807, 2.05) is 12.3 Å². The molecule has 1 radical (unpaired) electrons. The molecule has 10 heavy (non-hydrogen) atoms. The Morgan fingerprint density at radius 3 is 3.30 bits per heavy atom. The molecule has 3 heteroatoms. The van der Waals surface area contributed by atoms with Gasteiger partial charge in [-0.2, -0.15) is 5.10 Å². The summed E-state index contributed by atoms with van der Waals surface area (Å²) >= 11 is 0. The van der Waals surface area contributed by atoms with Gasteiger partial charge in [-0.15, -0.1) is 0 Å². The standard InChI is InChI=1S/C7H6N3/c8-6-5-9-10-4-2-1-3-7(6)10/h2-5H,8H2. The topological polar surface area (TPSA) is 43.3 Å². The SMILES string of the molecule is Nc1cnn2cc[c]cc12. The van der Waals surface area contributed by atoms with Gasteiger partial charge in [0.1, 0.15) is 0 Å². The fraction of sp³-hybridized carbons (Fsp3) is 0. The molecule has 0 aliphatic carbocycles. The molecule has 3 nitrogen and oxygen atoms in total. The zero-order valence-corrected chi connectivity index (χ0v) is 5.28. The summed E-state index contributed by atoms with van der Waals surface area (Å²) in [4.78, 5) is 0. The summed E-state index contributed by atoms with van der Waals surface area (Å²) in [6, 6.07) is 6.52. The van der Waals surface area contributed by atoms with Crippen molar-refractivity contribution in [2.24, 2.45) is 0 Å². The Morgan fingerprint density at radius 1 is 1.60 bits per heavy atom. The molecule has 0 bridgehead atoms. The van der Waals surface area contributed by atoms with Crippen molar-refractivity contribution in [2.45, 2.75) is 0 Å². The van der Waals surface area contributed by atoms with E-state index >= 15 is 0 Å². The Morgan fingerprint density at radius 2 is 2.50 bits per heavy atom. The van der Waals surface area contributed by atoms with Crippen LogP contribution >= 0.6 is 0 Å². The van der Waals surface area contributed by atoms with E-state index in [-0.39, 0.29) is 0 Å². The van der Waals surface area contributed by atoms with Crippen LogP contribution in [0.3, 0.4) is 0 Å². The van der Waals surface area contributed by atoms with E-state index in [4.69, 9.17) is 5.73 Å². The molecule has 0 atom stereocenters. The molecule has 0 aliphatic heterocycles. The van der Waals surface area contributed by atoms with Gasteiger partial charge in [-0.05, 0) is 18.2 Å². The van der Waals surface area contributed by atoms with Crippen LogP contribution in [-0.2, 0) is 0 Å². The lowest BCUT2D eigenvalue weighted by Crippen LogP contribution is -1.85. The average molecular weight is 132 g/mol. The molecule has 2 N–H and O–H groups in total. The summed E-state index contributed by atoms with van der Waals surface area (Å²) in [6.45, 7) is 0. The summed E-state index contributed by atoms with van der Waals surface area (Å²) in [5.41, 5.74) is 7.17. The minimum absolute atomic E-state index is 0.692. The van der Waals surface area contributed by atoms with Crippen molar-refractivity contribution >= 4 is 11.2 Å². The van der Waals surface area contributed by atoms with Gasteiger partial charge in [0.05, 0.1) is 17.4 Å². The first-order chi connectivity index (χ1) is 4.88. The Bertz CT molecular complexity index is 350. The second-order valence-electron chi connectivity index (χ2n) is 2.06. The van der Waals surface area contributed by atoms with Crippen molar-refractivity contribution in [1.29, 1.82) is 0 Å². The highest BCUT2D eigenvalue weighted by Crippen LogP contribution is 2.09. The van der Waals surface area contributed by atoms with Crippen molar-refractivity contribution in [3.8, 4) is 0 Å². The molecule has 0 spiro atoms. The van der Waals surface area contributed by atoms with Gasteiger partial charge in [0.15, 0.2) is 0 Å². The predicted molar refractivity (Wildman–Crippen MR) is 38.4 cm³/mol. The third-order valence-electron chi connectivity index (χ3n) is 1.40. The fourth-order valence-electron chi connectivity index (χ4n) is 0.894. The number of nitrogens with two attached hydrogens (primary N) is 1. The minimum Gasteiger partial charge on any atom is -0.396 e. The number of anilines is 1. The molecule has 0 unspecified atom stereocenters. The van der Waals surface area contributed by atoms with Gasteiger partial charge in [0.2, 0.25) is 0 Å². The van der Waals surface area contributed by atoms with Gasteiger partial charge < -0.3 is 5.73 Å². The van der Waals surface area contributed by atoms with E-state index in [0.717, 1.165) is 5.52 Å². The molecule has 49 valence electrons. The van der Waals surface area contributed by atoms with Crippen molar-refractivity contribution in [3.63, 3.8) is 0 Å². The minimum atomic E-state index is 0.692. The number of hydrogen-bond donors (Lipinski definition) is 1. The van der Waals surface area contributed by atoms with E-state index in [1.54, 1.807) is 16.8 Å². The second kappa shape index (κ2) is 1.73. The molecule has 0 amide bonds. The monoisotopic (exact) mass is 132 g/mol. The summed E-state index contributed by atoms with van der Waals surface area (Å²) in [7, 11) is 0. The maximum Gasteiger partial charge on any atom is 0.0897 e. The Hall–Kier alpha value is -1.51. The molecule has 2 rings (SSSR count). The summed E-state index contributed by atoms with van der Waals surface area (Å²) < 4.78 is 1.71. The first kappa shape index (κ1) is 5.29. The molecule has 0 aliphatic rings. The normalized spacial score (nSPS) is 10.4. The number of pyridine rings is 1. The van der Waals surface area contributed by atoms with Gasteiger partial charge in [-0.3, -0.25) is 0 Å². The first-order valence-electron chi connectivity index (χ1n) is 2.97. The van der Waals surface area contributed by atoms with E-state index in [2.05, 4.69) is 11.2 Å². The maximum absolute atomic E-state index is 5.57. The van der Waals surface area contributed by atoms with Crippen LogP contribution in [0.1, 0.15) is 0 Å². The lowest BCUT2D eigenvalue weighted by atomic mass is 10.4. The van der Waals surface area contributed by atoms with Crippen LogP contribution in [0.15, 0.2) is 24.5 Å². The number of fused-ring (bicyclic) bond motifs is 1. The third kappa shape index (κ3) is 0.572. The van der Waals surface area contributed by atoms with Crippen molar-refractivity contribution < 1.29 is 0 Å². The Labute approximate surface area is 58.1 Å². The molecular weight excluding hydrogens is 126 g/mol. The largest absolute Gasteiger partial charge is 0.396 e. The van der Waals surface area contributed by atoms with Crippen LogP contribution in [0.2, 0.25) is 0 Å². The van der Waals surface area contributed by atoms with Gasteiger partial charge in [-0.1, -0.05) is 0 Å². The van der Waals surface area contributed by atoms with Crippen molar-refractivity contribution in [2.75, 3.05) is 5.73 Å². The zero-order valence-electron chi connectivity index (χ0n) is 5.28. The smallest absolute Gasteiger partial charge is 0.0897 e. The molecule has 2 heterocycles. The summed E-state index contributed by atoms with van der Waals surface area (Å²) in [5.74, 6) is 0. The van der Waals surface area contributed by atoms with Crippen LogP contribution in [0, 0.1) is 6.07 Å². The lowest BCUT2D eigenvalue weighted by Gasteiger charge is -1.88. The van der Waals surface area contributed by atoms with E-state index in [0.29, 0.717) is 5.69 Å². The number of nitrogen functional groups attached to an aromatic ring is 1. The highest BCUT2D eigenvalue weighted by Gasteiger charge is 1.95. The quantitative estimate of drug-likeness (QED) is 0.573. The Balaban J connectivity index is 2.93.